The maximum Gasteiger partial charge on any atom is 0.250 e. The Kier molecular flexibility index (Phi) is 5.63. The van der Waals surface area contributed by atoms with Gasteiger partial charge in [-0.3, -0.25) is 14.5 Å². The number of aliphatic hydroxyl groups excluding tert-OH is 1. The maximum atomic E-state index is 11.9. The number of nitrogens with zero attached hydrogens (tertiary/aromatic N) is 2. The number of hydrogen-bond acceptors (Lipinski definition) is 4. The predicted molar refractivity (Wildman–Crippen MR) is 95.1 cm³/mol. The first-order valence-electron chi connectivity index (χ1n) is 8.51. The monoisotopic (exact) mass is 341 g/mol. The van der Waals surface area contributed by atoms with Crippen molar-refractivity contribution in [2.24, 2.45) is 0 Å². The van der Waals surface area contributed by atoms with Gasteiger partial charge >= 0.3 is 0 Å². The van der Waals surface area contributed by atoms with E-state index in [0.29, 0.717) is 6.54 Å². The van der Waals surface area contributed by atoms with E-state index in [0.717, 1.165) is 19.5 Å². The van der Waals surface area contributed by atoms with Gasteiger partial charge in [0, 0.05) is 38.4 Å². The quantitative estimate of drug-likeness (QED) is 0.797. The highest BCUT2D eigenvalue weighted by atomic mass is 16.3. The highest BCUT2D eigenvalue weighted by Gasteiger charge is 2.18. The molecule has 0 bridgehead atoms. The number of hydrogen-bond donors (Lipinski definition) is 2. The summed E-state index contributed by atoms with van der Waals surface area (Å²) in [7, 11) is 0. The second-order valence-corrected chi connectivity index (χ2v) is 6.38. The van der Waals surface area contributed by atoms with Crippen LogP contribution in [0.15, 0.2) is 53.5 Å². The average Bonchev–Trinajstić information content (AvgIpc) is 2.62. The van der Waals surface area contributed by atoms with Gasteiger partial charge in [-0.2, -0.15) is 0 Å². The van der Waals surface area contributed by atoms with E-state index in [1.54, 1.807) is 18.3 Å². The Morgan fingerprint density at radius 3 is 2.72 bits per heavy atom. The van der Waals surface area contributed by atoms with Gasteiger partial charge in [0.2, 0.25) is 5.91 Å². The molecule has 25 heavy (non-hydrogen) atoms. The number of rotatable bonds is 6. The fraction of sp³-hybridized carbons (Fsp3) is 0.368. The molecule has 1 atom stereocenters. The Balaban J connectivity index is 1.44. The number of aliphatic hydroxyl groups is 1. The van der Waals surface area contributed by atoms with Crippen LogP contribution in [0.1, 0.15) is 11.1 Å². The number of nitrogens with one attached hydrogen (secondary N) is 1. The molecule has 3 rings (SSSR count). The van der Waals surface area contributed by atoms with Gasteiger partial charge in [-0.25, -0.2) is 0 Å². The van der Waals surface area contributed by atoms with E-state index in [1.807, 2.05) is 6.07 Å². The van der Waals surface area contributed by atoms with Crippen LogP contribution >= 0.6 is 0 Å². The zero-order chi connectivity index (χ0) is 17.6. The highest BCUT2D eigenvalue weighted by Crippen LogP contribution is 2.18. The van der Waals surface area contributed by atoms with Crippen LogP contribution in [0.5, 0.6) is 0 Å². The molecule has 0 aliphatic carbocycles. The number of carbonyl (C=O) groups excluding carboxylic acids is 1. The van der Waals surface area contributed by atoms with E-state index >= 15 is 0 Å². The lowest BCUT2D eigenvalue weighted by Gasteiger charge is -2.30. The van der Waals surface area contributed by atoms with Crippen molar-refractivity contribution in [3.63, 3.8) is 0 Å². The van der Waals surface area contributed by atoms with Gasteiger partial charge < -0.3 is 15.0 Å². The molecule has 2 aromatic rings. The third-order valence-electron chi connectivity index (χ3n) is 4.43. The minimum absolute atomic E-state index is 0.0382. The van der Waals surface area contributed by atoms with Crippen LogP contribution in [0.3, 0.4) is 0 Å². The van der Waals surface area contributed by atoms with E-state index in [9.17, 15) is 14.7 Å². The minimum atomic E-state index is -0.637. The molecule has 1 aromatic carbocycles. The lowest BCUT2D eigenvalue weighted by Crippen LogP contribution is -2.43. The van der Waals surface area contributed by atoms with Crippen molar-refractivity contribution in [3.8, 4) is 0 Å². The van der Waals surface area contributed by atoms with Gasteiger partial charge in [0.05, 0.1) is 6.10 Å². The van der Waals surface area contributed by atoms with Crippen molar-refractivity contribution in [1.29, 1.82) is 0 Å². The smallest absolute Gasteiger partial charge is 0.250 e. The molecule has 6 nitrogen and oxygen atoms in total. The summed E-state index contributed by atoms with van der Waals surface area (Å²) >= 11 is 0. The van der Waals surface area contributed by atoms with Crippen LogP contribution < -0.4 is 10.9 Å². The zero-order valence-electron chi connectivity index (χ0n) is 14.1. The normalized spacial score (nSPS) is 15.4. The lowest BCUT2D eigenvalue weighted by molar-refractivity contribution is -0.122. The van der Waals surface area contributed by atoms with E-state index < -0.39 is 6.10 Å². The first kappa shape index (κ1) is 17.4. The summed E-state index contributed by atoms with van der Waals surface area (Å²) in [6.07, 6.45) is 1.91. The van der Waals surface area contributed by atoms with Gasteiger partial charge in [-0.1, -0.05) is 30.3 Å². The first-order chi connectivity index (χ1) is 12.1. The van der Waals surface area contributed by atoms with Gasteiger partial charge in [-0.15, -0.1) is 0 Å². The number of aromatic nitrogens is 1. The Hall–Kier alpha value is -2.44. The third kappa shape index (κ3) is 4.78. The largest absolute Gasteiger partial charge is 0.390 e. The number of fused-ring (bicyclic) bond motifs is 1. The number of benzene rings is 1. The molecule has 6 heteroatoms. The molecule has 2 N–H and O–H groups in total. The van der Waals surface area contributed by atoms with Crippen molar-refractivity contribution in [2.45, 2.75) is 25.6 Å². The maximum absolute atomic E-state index is 11.9. The molecule has 0 spiro atoms. The van der Waals surface area contributed by atoms with Gasteiger partial charge in [0.25, 0.3) is 5.56 Å². The third-order valence-corrected chi connectivity index (χ3v) is 4.43. The van der Waals surface area contributed by atoms with Crippen molar-refractivity contribution in [2.75, 3.05) is 19.6 Å². The molecule has 0 saturated carbocycles. The van der Waals surface area contributed by atoms with Crippen LogP contribution in [0.4, 0.5) is 0 Å². The van der Waals surface area contributed by atoms with Crippen LogP contribution in [-0.4, -0.2) is 46.2 Å². The van der Waals surface area contributed by atoms with Crippen molar-refractivity contribution in [1.82, 2.24) is 14.8 Å². The van der Waals surface area contributed by atoms with E-state index in [-0.39, 0.29) is 24.6 Å². The summed E-state index contributed by atoms with van der Waals surface area (Å²) in [6.45, 7) is 2.38. The molecule has 132 valence electrons. The Morgan fingerprint density at radius 2 is 1.92 bits per heavy atom. The molecule has 2 heterocycles. The van der Waals surface area contributed by atoms with Crippen LogP contribution in [0.25, 0.3) is 0 Å². The Labute approximate surface area is 146 Å². The first-order valence-corrected chi connectivity index (χ1v) is 8.51. The predicted octanol–water partition coefficient (Wildman–Crippen LogP) is 0.384. The molecule has 1 aliphatic rings. The summed E-state index contributed by atoms with van der Waals surface area (Å²) in [5, 5.41) is 12.9. The zero-order valence-corrected chi connectivity index (χ0v) is 14.1. The Bertz CT molecular complexity index is 787. The fourth-order valence-electron chi connectivity index (χ4n) is 3.11. The lowest BCUT2D eigenvalue weighted by atomic mass is 10.00. The highest BCUT2D eigenvalue weighted by molar-refractivity contribution is 5.75. The van der Waals surface area contributed by atoms with Crippen LogP contribution in [-0.2, 0) is 24.3 Å². The molecule has 0 saturated heterocycles. The SMILES string of the molecule is O=C(Cn1ccccc1=O)NCC(O)CN1CCc2ccccc2C1. The number of amides is 1. The summed E-state index contributed by atoms with van der Waals surface area (Å²) in [5.74, 6) is -0.281. The van der Waals surface area contributed by atoms with E-state index in [2.05, 4.69) is 28.4 Å². The van der Waals surface area contributed by atoms with Crippen molar-refractivity contribution < 1.29 is 9.90 Å². The summed E-state index contributed by atoms with van der Waals surface area (Å²) in [5.41, 5.74) is 2.45. The van der Waals surface area contributed by atoms with Gasteiger partial charge in [0.15, 0.2) is 0 Å². The molecule has 0 fully saturated rings. The molecule has 1 amide bonds. The minimum Gasteiger partial charge on any atom is -0.390 e. The van der Waals surface area contributed by atoms with Crippen molar-refractivity contribution in [3.05, 3.63) is 70.1 Å². The van der Waals surface area contributed by atoms with Gasteiger partial charge in [0.1, 0.15) is 6.54 Å². The standard InChI is InChI=1S/C19H23N3O3/c23-17(11-20-18(24)14-22-9-4-3-7-19(22)25)13-21-10-8-15-5-1-2-6-16(15)12-21/h1-7,9,17,23H,8,10-14H2,(H,20,24). The molecule has 1 unspecified atom stereocenters. The fourth-order valence-corrected chi connectivity index (χ4v) is 3.11. The van der Waals surface area contributed by atoms with Gasteiger partial charge in [-0.05, 0) is 23.6 Å². The van der Waals surface area contributed by atoms with E-state index in [4.69, 9.17) is 0 Å². The summed E-state index contributed by atoms with van der Waals surface area (Å²) < 4.78 is 1.34. The van der Waals surface area contributed by atoms with Crippen LogP contribution in [0.2, 0.25) is 0 Å². The van der Waals surface area contributed by atoms with Crippen molar-refractivity contribution >= 4 is 5.91 Å². The van der Waals surface area contributed by atoms with E-state index in [1.165, 1.54) is 21.8 Å². The second-order valence-electron chi connectivity index (χ2n) is 6.38. The number of pyridine rings is 1. The number of β-amino-alcohol motifs (C(OH)–C–C–N with tert-alkyl or cyclic N) is 1. The molecular formula is C19H23N3O3. The molecule has 1 aliphatic heterocycles. The molecule has 0 radical (unpaired) electrons. The second kappa shape index (κ2) is 8.09. The summed E-state index contributed by atoms with van der Waals surface area (Å²) in [4.78, 5) is 25.7. The average molecular weight is 341 g/mol. The topological polar surface area (TPSA) is 74.6 Å². The van der Waals surface area contributed by atoms with Crippen LogP contribution in [0, 0.1) is 0 Å². The molecular weight excluding hydrogens is 318 g/mol. The number of carbonyl (C=O) groups is 1. The summed E-state index contributed by atoms with van der Waals surface area (Å²) in [6, 6.07) is 13.1. The Morgan fingerprint density at radius 1 is 1.16 bits per heavy atom. The molecule has 1 aromatic heterocycles.